The van der Waals surface area contributed by atoms with Crippen LogP contribution >= 0.6 is 0 Å². The third kappa shape index (κ3) is 2.90. The molecule has 4 rings (SSSR count). The lowest BCUT2D eigenvalue weighted by Gasteiger charge is -2.42. The van der Waals surface area contributed by atoms with Gasteiger partial charge >= 0.3 is 5.97 Å². The van der Waals surface area contributed by atoms with Crippen molar-refractivity contribution in [2.24, 2.45) is 0 Å². The van der Waals surface area contributed by atoms with Crippen LogP contribution in [-0.2, 0) is 26.3 Å². The SMILES string of the molecule is O=C(CC1(c2ccccc2)CCC1)C(=O)Nc1ccc2c(c1)COC2=O. The van der Waals surface area contributed by atoms with Gasteiger partial charge in [-0.3, -0.25) is 9.59 Å². The fraction of sp³-hybridized carbons (Fsp3) is 0.286. The van der Waals surface area contributed by atoms with Crippen molar-refractivity contribution in [2.75, 3.05) is 5.32 Å². The Kier molecular flexibility index (Phi) is 4.07. The molecule has 0 aromatic heterocycles. The first-order chi connectivity index (χ1) is 12.6. The van der Waals surface area contributed by atoms with E-state index in [0.29, 0.717) is 11.3 Å². The molecule has 1 aliphatic carbocycles. The van der Waals surface area contributed by atoms with Gasteiger partial charge in [-0.1, -0.05) is 36.8 Å². The Balaban J connectivity index is 1.45. The lowest BCUT2D eigenvalue weighted by atomic mass is 9.62. The number of hydrogen-bond donors (Lipinski definition) is 1. The van der Waals surface area contributed by atoms with Crippen molar-refractivity contribution in [2.45, 2.75) is 37.7 Å². The third-order valence-corrected chi connectivity index (χ3v) is 5.39. The second-order valence-corrected chi connectivity index (χ2v) is 7.00. The summed E-state index contributed by atoms with van der Waals surface area (Å²) in [5.74, 6) is -1.39. The second kappa shape index (κ2) is 6.41. The molecule has 5 nitrogen and oxygen atoms in total. The second-order valence-electron chi connectivity index (χ2n) is 7.00. The van der Waals surface area contributed by atoms with Crippen molar-refractivity contribution in [3.63, 3.8) is 0 Å². The quantitative estimate of drug-likeness (QED) is 0.663. The lowest BCUT2D eigenvalue weighted by Crippen LogP contribution is -2.39. The van der Waals surface area contributed by atoms with Crippen LogP contribution in [-0.4, -0.2) is 17.7 Å². The van der Waals surface area contributed by atoms with Gasteiger partial charge < -0.3 is 10.1 Å². The Morgan fingerprint density at radius 2 is 1.85 bits per heavy atom. The fourth-order valence-electron chi connectivity index (χ4n) is 3.76. The number of carbonyl (C=O) groups is 3. The summed E-state index contributed by atoms with van der Waals surface area (Å²) >= 11 is 0. The molecule has 1 N–H and O–H groups in total. The summed E-state index contributed by atoms with van der Waals surface area (Å²) in [7, 11) is 0. The van der Waals surface area contributed by atoms with E-state index in [9.17, 15) is 14.4 Å². The minimum atomic E-state index is -0.614. The highest BCUT2D eigenvalue weighted by Crippen LogP contribution is 2.46. The summed E-state index contributed by atoms with van der Waals surface area (Å²) in [4.78, 5) is 36.4. The Bertz CT molecular complexity index is 884. The molecule has 0 saturated heterocycles. The van der Waals surface area contributed by atoms with Gasteiger partial charge in [0.05, 0.1) is 5.56 Å². The lowest BCUT2D eigenvalue weighted by molar-refractivity contribution is -0.136. The van der Waals surface area contributed by atoms with Gasteiger partial charge in [-0.25, -0.2) is 4.79 Å². The molecule has 2 aromatic carbocycles. The van der Waals surface area contributed by atoms with E-state index in [0.717, 1.165) is 30.4 Å². The summed E-state index contributed by atoms with van der Waals surface area (Å²) in [6.07, 6.45) is 3.14. The maximum absolute atomic E-state index is 12.5. The summed E-state index contributed by atoms with van der Waals surface area (Å²) in [6.45, 7) is 0.197. The van der Waals surface area contributed by atoms with E-state index in [2.05, 4.69) is 5.32 Å². The molecule has 0 spiro atoms. The molecule has 1 amide bonds. The van der Waals surface area contributed by atoms with Gasteiger partial charge in [0.25, 0.3) is 5.91 Å². The first-order valence-corrected chi connectivity index (χ1v) is 8.77. The summed E-state index contributed by atoms with van der Waals surface area (Å²) in [5.41, 5.74) is 2.64. The molecule has 0 bridgehead atoms. The molecule has 1 fully saturated rings. The molecule has 0 atom stereocenters. The topological polar surface area (TPSA) is 72.5 Å². The van der Waals surface area contributed by atoms with Crippen molar-refractivity contribution >= 4 is 23.3 Å². The minimum Gasteiger partial charge on any atom is -0.457 e. The number of esters is 1. The molecule has 1 saturated carbocycles. The van der Waals surface area contributed by atoms with Gasteiger partial charge in [-0.15, -0.1) is 0 Å². The molecule has 0 unspecified atom stereocenters. The molecular weight excluding hydrogens is 330 g/mol. The van der Waals surface area contributed by atoms with Crippen LogP contribution in [0, 0.1) is 0 Å². The van der Waals surface area contributed by atoms with Crippen molar-refractivity contribution in [3.8, 4) is 0 Å². The number of nitrogens with one attached hydrogen (secondary N) is 1. The highest BCUT2D eigenvalue weighted by Gasteiger charge is 2.41. The zero-order chi connectivity index (χ0) is 18.1. The maximum atomic E-state index is 12.5. The number of ketones is 1. The summed E-state index contributed by atoms with van der Waals surface area (Å²) < 4.78 is 4.95. The molecule has 0 radical (unpaired) electrons. The molecule has 1 heterocycles. The Labute approximate surface area is 151 Å². The Morgan fingerprint density at radius 1 is 1.08 bits per heavy atom. The minimum absolute atomic E-state index is 0.197. The molecule has 2 aromatic rings. The zero-order valence-electron chi connectivity index (χ0n) is 14.3. The normalized spacial score (nSPS) is 17.0. The van der Waals surface area contributed by atoms with E-state index in [1.165, 1.54) is 0 Å². The highest BCUT2D eigenvalue weighted by molar-refractivity contribution is 6.40. The number of hydrogen-bond acceptors (Lipinski definition) is 4. The smallest absolute Gasteiger partial charge is 0.338 e. The van der Waals surface area contributed by atoms with E-state index >= 15 is 0 Å². The van der Waals surface area contributed by atoms with Gasteiger partial charge in [0.15, 0.2) is 0 Å². The van der Waals surface area contributed by atoms with Crippen LogP contribution in [0.3, 0.4) is 0 Å². The number of fused-ring (bicyclic) bond motifs is 1. The van der Waals surface area contributed by atoms with E-state index < -0.39 is 11.7 Å². The summed E-state index contributed by atoms with van der Waals surface area (Å²) in [6, 6.07) is 14.9. The van der Waals surface area contributed by atoms with Crippen LogP contribution in [0.15, 0.2) is 48.5 Å². The van der Waals surface area contributed by atoms with E-state index in [-0.39, 0.29) is 24.4 Å². The van der Waals surface area contributed by atoms with Crippen LogP contribution in [0.2, 0.25) is 0 Å². The average Bonchev–Trinajstić information content (AvgIpc) is 2.99. The van der Waals surface area contributed by atoms with Gasteiger partial charge in [-0.2, -0.15) is 0 Å². The fourth-order valence-corrected chi connectivity index (χ4v) is 3.76. The molecule has 5 heteroatoms. The van der Waals surface area contributed by atoms with Crippen molar-refractivity contribution in [1.82, 2.24) is 0 Å². The van der Waals surface area contributed by atoms with E-state index in [1.807, 2.05) is 30.3 Å². The van der Waals surface area contributed by atoms with Gasteiger partial charge in [-0.05, 0) is 36.6 Å². The van der Waals surface area contributed by atoms with Crippen LogP contribution in [0.4, 0.5) is 5.69 Å². The van der Waals surface area contributed by atoms with Crippen molar-refractivity contribution in [1.29, 1.82) is 0 Å². The highest BCUT2D eigenvalue weighted by atomic mass is 16.5. The zero-order valence-corrected chi connectivity index (χ0v) is 14.3. The largest absolute Gasteiger partial charge is 0.457 e. The molecule has 132 valence electrons. The molecular formula is C21H19NO4. The number of benzene rings is 2. The Morgan fingerprint density at radius 3 is 2.54 bits per heavy atom. The number of rotatable bonds is 5. The van der Waals surface area contributed by atoms with Crippen LogP contribution in [0.5, 0.6) is 0 Å². The van der Waals surface area contributed by atoms with E-state index in [4.69, 9.17) is 4.74 Å². The number of carbonyl (C=O) groups excluding carboxylic acids is 3. The third-order valence-electron chi connectivity index (χ3n) is 5.39. The van der Waals surface area contributed by atoms with Gasteiger partial charge in [0, 0.05) is 23.1 Å². The molecule has 2 aliphatic rings. The standard InChI is InChI=1S/C21H19NO4/c23-18(12-21(9-4-10-21)15-5-2-1-3-6-15)19(24)22-16-7-8-17-14(11-16)13-26-20(17)25/h1-3,5-8,11H,4,9-10,12-13H2,(H,22,24). The van der Waals surface area contributed by atoms with Crippen LogP contribution in [0.1, 0.15) is 47.2 Å². The average molecular weight is 349 g/mol. The molecule has 26 heavy (non-hydrogen) atoms. The number of amides is 1. The number of anilines is 1. The first kappa shape index (κ1) is 16.5. The monoisotopic (exact) mass is 349 g/mol. The maximum Gasteiger partial charge on any atom is 0.338 e. The van der Waals surface area contributed by atoms with Crippen molar-refractivity contribution < 1.29 is 19.1 Å². The van der Waals surface area contributed by atoms with Crippen LogP contribution < -0.4 is 5.32 Å². The number of ether oxygens (including phenoxy) is 1. The Hall–Kier alpha value is -2.95. The first-order valence-electron chi connectivity index (χ1n) is 8.77. The summed E-state index contributed by atoms with van der Waals surface area (Å²) in [5, 5.41) is 2.65. The van der Waals surface area contributed by atoms with Gasteiger partial charge in [0.1, 0.15) is 6.61 Å². The molecule has 1 aliphatic heterocycles. The predicted octanol–water partition coefficient (Wildman–Crippen LogP) is 3.38. The number of cyclic esters (lactones) is 1. The number of Topliss-reactive ketones (excluding diaryl/α,β-unsaturated/α-hetero) is 1. The van der Waals surface area contributed by atoms with E-state index in [1.54, 1.807) is 18.2 Å². The van der Waals surface area contributed by atoms with Gasteiger partial charge in [0.2, 0.25) is 5.78 Å². The van der Waals surface area contributed by atoms with Crippen molar-refractivity contribution in [3.05, 3.63) is 65.2 Å². The predicted molar refractivity (Wildman–Crippen MR) is 95.8 cm³/mol. The van der Waals surface area contributed by atoms with Crippen LogP contribution in [0.25, 0.3) is 0 Å².